The normalized spacial score (nSPS) is 13.4. The first-order chi connectivity index (χ1) is 13.5. The van der Waals surface area contributed by atoms with Gasteiger partial charge in [0, 0.05) is 37.9 Å². The Morgan fingerprint density at radius 3 is 2.29 bits per heavy atom. The third-order valence-electron chi connectivity index (χ3n) is 4.99. The van der Waals surface area contributed by atoms with Crippen LogP contribution in [0.4, 0.5) is 15.8 Å². The number of anilines is 2. The number of halogens is 1. The molecule has 2 aromatic rings. The molecule has 0 atom stereocenters. The predicted octanol–water partition coefficient (Wildman–Crippen LogP) is 3.46. The molecule has 1 aliphatic heterocycles. The van der Waals surface area contributed by atoms with Crippen molar-refractivity contribution in [2.45, 2.75) is 26.2 Å². The minimum absolute atomic E-state index is 0.00952. The van der Waals surface area contributed by atoms with Crippen LogP contribution in [0.5, 0.6) is 0 Å². The zero-order valence-corrected chi connectivity index (χ0v) is 16.2. The van der Waals surface area contributed by atoms with Crippen molar-refractivity contribution in [1.29, 1.82) is 0 Å². The average molecular weight is 383 g/mol. The molecule has 0 saturated carbocycles. The van der Waals surface area contributed by atoms with E-state index in [1.54, 1.807) is 12.1 Å². The number of carbonyl (C=O) groups is 2. The number of carbonyl (C=O) groups excluding carboxylic acids is 2. The molecular weight excluding hydrogens is 357 g/mol. The van der Waals surface area contributed by atoms with Gasteiger partial charge in [0.2, 0.25) is 11.8 Å². The fourth-order valence-electron chi connectivity index (χ4n) is 3.37. The predicted molar refractivity (Wildman–Crippen MR) is 109 cm³/mol. The Balaban J connectivity index is 1.52. The van der Waals surface area contributed by atoms with Crippen LogP contribution in [0.15, 0.2) is 48.5 Å². The van der Waals surface area contributed by atoms with Gasteiger partial charge in [0.05, 0.1) is 6.54 Å². The van der Waals surface area contributed by atoms with Crippen molar-refractivity contribution in [3.8, 4) is 0 Å². The smallest absolute Gasteiger partial charge is 0.243 e. The molecule has 0 bridgehead atoms. The van der Waals surface area contributed by atoms with E-state index in [2.05, 4.69) is 10.2 Å². The molecular formula is C22H26FN3O2. The second kappa shape index (κ2) is 9.35. The quantitative estimate of drug-likeness (QED) is 0.797. The maximum atomic E-state index is 13.0. The molecule has 0 aromatic heterocycles. The highest BCUT2D eigenvalue weighted by atomic mass is 19.1. The highest BCUT2D eigenvalue weighted by molar-refractivity contribution is 5.94. The first kappa shape index (κ1) is 19.9. The van der Waals surface area contributed by atoms with Gasteiger partial charge in [0.25, 0.3) is 0 Å². The lowest BCUT2D eigenvalue weighted by atomic mass is 10.1. The van der Waals surface area contributed by atoms with Crippen LogP contribution in [-0.2, 0) is 16.0 Å². The molecule has 3 rings (SSSR count). The van der Waals surface area contributed by atoms with E-state index in [0.717, 1.165) is 24.3 Å². The zero-order chi connectivity index (χ0) is 19.9. The Kier molecular flexibility index (Phi) is 6.63. The molecule has 1 N–H and O–H groups in total. The Morgan fingerprint density at radius 1 is 1.04 bits per heavy atom. The van der Waals surface area contributed by atoms with Crippen molar-refractivity contribution in [1.82, 2.24) is 4.90 Å². The number of rotatable bonds is 7. The molecule has 0 spiro atoms. The zero-order valence-electron chi connectivity index (χ0n) is 16.2. The lowest BCUT2D eigenvalue weighted by molar-refractivity contribution is -0.132. The molecule has 1 saturated heterocycles. The van der Waals surface area contributed by atoms with E-state index in [-0.39, 0.29) is 24.2 Å². The minimum Gasteiger partial charge on any atom is -0.372 e. The van der Waals surface area contributed by atoms with Gasteiger partial charge >= 0.3 is 0 Å². The fraction of sp³-hybridized carbons (Fsp3) is 0.364. The van der Waals surface area contributed by atoms with Gasteiger partial charge in [-0.3, -0.25) is 9.59 Å². The topological polar surface area (TPSA) is 52.7 Å². The highest BCUT2D eigenvalue weighted by Gasteiger charge is 2.15. The molecule has 6 heteroatoms. The van der Waals surface area contributed by atoms with Gasteiger partial charge in [-0.2, -0.15) is 0 Å². The van der Waals surface area contributed by atoms with E-state index in [0.29, 0.717) is 13.0 Å². The molecule has 148 valence electrons. The van der Waals surface area contributed by atoms with Crippen molar-refractivity contribution in [2.24, 2.45) is 0 Å². The lowest BCUT2D eigenvalue weighted by Gasteiger charge is -2.21. The molecule has 0 unspecified atom stereocenters. The Hall–Kier alpha value is -2.89. The van der Waals surface area contributed by atoms with Crippen LogP contribution in [-0.4, -0.2) is 42.9 Å². The monoisotopic (exact) mass is 383 g/mol. The lowest BCUT2D eigenvalue weighted by Crippen LogP contribution is -2.38. The third kappa shape index (κ3) is 5.55. The van der Waals surface area contributed by atoms with Crippen molar-refractivity contribution < 1.29 is 14.0 Å². The Bertz CT molecular complexity index is 800. The van der Waals surface area contributed by atoms with Gasteiger partial charge in [0.1, 0.15) is 5.82 Å². The molecule has 5 nitrogen and oxygen atoms in total. The van der Waals surface area contributed by atoms with Crippen LogP contribution in [0.1, 0.15) is 25.3 Å². The van der Waals surface area contributed by atoms with E-state index in [1.165, 1.54) is 42.5 Å². The summed E-state index contributed by atoms with van der Waals surface area (Å²) >= 11 is 0. The van der Waals surface area contributed by atoms with E-state index >= 15 is 0 Å². The number of nitrogens with zero attached hydrogens (tertiary/aromatic N) is 2. The first-order valence-electron chi connectivity index (χ1n) is 9.66. The van der Waals surface area contributed by atoms with Crippen molar-refractivity contribution in [3.05, 3.63) is 59.9 Å². The second-order valence-corrected chi connectivity index (χ2v) is 7.11. The fourth-order valence-corrected chi connectivity index (χ4v) is 3.37. The van der Waals surface area contributed by atoms with Crippen LogP contribution in [0.3, 0.4) is 0 Å². The second-order valence-electron chi connectivity index (χ2n) is 7.11. The van der Waals surface area contributed by atoms with Crippen LogP contribution < -0.4 is 10.2 Å². The molecule has 1 fully saturated rings. The standard InChI is InChI=1S/C22H26FN3O2/c1-17(27)26(15-12-18-4-6-19(23)7-5-18)16-22(28)24-20-8-10-21(11-9-20)25-13-2-3-14-25/h4-11H,2-3,12-16H2,1H3,(H,24,28). The highest BCUT2D eigenvalue weighted by Crippen LogP contribution is 2.22. The third-order valence-corrected chi connectivity index (χ3v) is 4.99. The molecule has 1 heterocycles. The summed E-state index contributed by atoms with van der Waals surface area (Å²) in [6, 6.07) is 14.0. The maximum Gasteiger partial charge on any atom is 0.243 e. The number of hydrogen-bond acceptors (Lipinski definition) is 3. The summed E-state index contributed by atoms with van der Waals surface area (Å²) in [5.41, 5.74) is 2.81. The van der Waals surface area contributed by atoms with Crippen LogP contribution >= 0.6 is 0 Å². The van der Waals surface area contributed by atoms with Gasteiger partial charge in [-0.1, -0.05) is 12.1 Å². The molecule has 0 aliphatic carbocycles. The Labute approximate surface area is 165 Å². The van der Waals surface area contributed by atoms with Gasteiger partial charge in [-0.15, -0.1) is 0 Å². The van der Waals surface area contributed by atoms with Gasteiger partial charge in [0.15, 0.2) is 0 Å². The summed E-state index contributed by atoms with van der Waals surface area (Å²) in [6.45, 7) is 4.00. The molecule has 28 heavy (non-hydrogen) atoms. The van der Waals surface area contributed by atoms with E-state index in [1.807, 2.05) is 24.3 Å². The number of nitrogens with one attached hydrogen (secondary N) is 1. The minimum atomic E-state index is -0.290. The summed E-state index contributed by atoms with van der Waals surface area (Å²) in [7, 11) is 0. The Morgan fingerprint density at radius 2 is 1.68 bits per heavy atom. The summed E-state index contributed by atoms with van der Waals surface area (Å²) in [5, 5.41) is 2.85. The number of hydrogen-bond donors (Lipinski definition) is 1. The van der Waals surface area contributed by atoms with Crippen LogP contribution in [0.2, 0.25) is 0 Å². The van der Waals surface area contributed by atoms with E-state index < -0.39 is 0 Å². The largest absolute Gasteiger partial charge is 0.372 e. The van der Waals surface area contributed by atoms with Gasteiger partial charge < -0.3 is 15.1 Å². The van der Waals surface area contributed by atoms with Gasteiger partial charge in [-0.05, 0) is 61.2 Å². The van der Waals surface area contributed by atoms with Crippen molar-refractivity contribution in [3.63, 3.8) is 0 Å². The SMILES string of the molecule is CC(=O)N(CCc1ccc(F)cc1)CC(=O)Nc1ccc(N2CCCC2)cc1. The summed E-state index contributed by atoms with van der Waals surface area (Å²) in [5.74, 6) is -0.688. The summed E-state index contributed by atoms with van der Waals surface area (Å²) in [6.07, 6.45) is 3.01. The summed E-state index contributed by atoms with van der Waals surface area (Å²) < 4.78 is 13.0. The number of amides is 2. The summed E-state index contributed by atoms with van der Waals surface area (Å²) in [4.78, 5) is 28.1. The molecule has 0 radical (unpaired) electrons. The molecule has 2 amide bonds. The van der Waals surface area contributed by atoms with Crippen molar-refractivity contribution in [2.75, 3.05) is 36.4 Å². The van der Waals surface area contributed by atoms with Crippen LogP contribution in [0, 0.1) is 5.82 Å². The van der Waals surface area contributed by atoms with E-state index in [9.17, 15) is 14.0 Å². The molecule has 2 aromatic carbocycles. The van der Waals surface area contributed by atoms with Crippen LogP contribution in [0.25, 0.3) is 0 Å². The van der Waals surface area contributed by atoms with Crippen molar-refractivity contribution >= 4 is 23.2 Å². The number of benzene rings is 2. The first-order valence-corrected chi connectivity index (χ1v) is 9.66. The van der Waals surface area contributed by atoms with E-state index in [4.69, 9.17) is 0 Å². The maximum absolute atomic E-state index is 13.0. The molecule has 1 aliphatic rings. The average Bonchev–Trinajstić information content (AvgIpc) is 3.21. The van der Waals surface area contributed by atoms with Gasteiger partial charge in [-0.25, -0.2) is 4.39 Å².